The van der Waals surface area contributed by atoms with Crippen LogP contribution in [-0.4, -0.2) is 17.2 Å². The second-order valence-electron chi connectivity index (χ2n) is 4.36. The molecular formula is C14H13BBrFO3. The highest BCUT2D eigenvalue weighted by molar-refractivity contribution is 9.10. The van der Waals surface area contributed by atoms with Crippen LogP contribution in [0.1, 0.15) is 11.1 Å². The number of ether oxygens (including phenoxy) is 1. The lowest BCUT2D eigenvalue weighted by molar-refractivity contribution is 0.303. The monoisotopic (exact) mass is 338 g/mol. The topological polar surface area (TPSA) is 49.7 Å². The zero-order chi connectivity index (χ0) is 14.7. The van der Waals surface area contributed by atoms with Crippen molar-refractivity contribution < 1.29 is 19.2 Å². The molecule has 0 aliphatic heterocycles. The molecule has 0 aromatic heterocycles. The molecule has 20 heavy (non-hydrogen) atoms. The summed E-state index contributed by atoms with van der Waals surface area (Å²) in [5.41, 5.74) is 1.04. The van der Waals surface area contributed by atoms with Crippen molar-refractivity contribution in [1.82, 2.24) is 0 Å². The third-order valence-corrected chi connectivity index (χ3v) is 3.92. The zero-order valence-corrected chi connectivity index (χ0v) is 12.4. The summed E-state index contributed by atoms with van der Waals surface area (Å²) in [5, 5.41) is 18.3. The minimum atomic E-state index is -1.87. The minimum absolute atomic E-state index is 0.200. The van der Waals surface area contributed by atoms with Crippen molar-refractivity contribution in [1.29, 1.82) is 0 Å². The summed E-state index contributed by atoms with van der Waals surface area (Å²) in [6.45, 7) is 1.85. The quantitative estimate of drug-likeness (QED) is 0.840. The van der Waals surface area contributed by atoms with Crippen molar-refractivity contribution in [2.75, 3.05) is 0 Å². The Hall–Kier alpha value is -1.37. The summed E-state index contributed by atoms with van der Waals surface area (Å²) in [6.07, 6.45) is 0. The van der Waals surface area contributed by atoms with Gasteiger partial charge in [-0.15, -0.1) is 0 Å². The lowest BCUT2D eigenvalue weighted by atomic mass is 9.79. The highest BCUT2D eigenvalue weighted by Gasteiger charge is 2.22. The number of hydrogen-bond donors (Lipinski definition) is 2. The molecule has 0 atom stereocenters. The molecule has 2 N–H and O–H groups in total. The Labute approximate surface area is 125 Å². The molecule has 0 unspecified atom stereocenters. The van der Waals surface area contributed by atoms with Gasteiger partial charge in [0.1, 0.15) is 18.2 Å². The van der Waals surface area contributed by atoms with Gasteiger partial charge in [-0.3, -0.25) is 0 Å². The molecule has 0 heterocycles. The average Bonchev–Trinajstić information content (AvgIpc) is 2.45. The van der Waals surface area contributed by atoms with E-state index in [1.54, 1.807) is 6.92 Å². The SMILES string of the molecule is Cc1c(F)c(B(O)O)cc(OCc2ccccc2)c1Br. The van der Waals surface area contributed by atoms with Crippen LogP contribution in [0.4, 0.5) is 4.39 Å². The lowest BCUT2D eigenvalue weighted by Crippen LogP contribution is -2.33. The standard InChI is InChI=1S/C14H13BBrFO3/c1-9-13(16)12(7-11(14(9)17)15(18)19)20-8-10-5-3-2-4-6-10/h2-7,18-19H,8H2,1H3. The van der Waals surface area contributed by atoms with Crippen LogP contribution in [0.25, 0.3) is 0 Å². The molecule has 0 saturated heterocycles. The van der Waals surface area contributed by atoms with Crippen molar-refractivity contribution in [2.24, 2.45) is 0 Å². The van der Waals surface area contributed by atoms with E-state index < -0.39 is 12.9 Å². The Kier molecular flexibility index (Phi) is 4.80. The summed E-state index contributed by atoms with van der Waals surface area (Å²) in [7, 11) is -1.87. The van der Waals surface area contributed by atoms with Crippen molar-refractivity contribution in [3.63, 3.8) is 0 Å². The van der Waals surface area contributed by atoms with Crippen LogP contribution >= 0.6 is 15.9 Å². The van der Waals surface area contributed by atoms with E-state index in [0.29, 0.717) is 16.8 Å². The first-order valence-corrected chi connectivity index (χ1v) is 6.81. The molecule has 0 amide bonds. The fraction of sp³-hybridized carbons (Fsp3) is 0.143. The second-order valence-corrected chi connectivity index (χ2v) is 5.16. The maximum atomic E-state index is 13.9. The summed E-state index contributed by atoms with van der Waals surface area (Å²) >= 11 is 3.26. The van der Waals surface area contributed by atoms with Crippen molar-refractivity contribution >= 4 is 28.5 Å². The van der Waals surface area contributed by atoms with Gasteiger partial charge >= 0.3 is 7.12 Å². The molecule has 0 saturated carbocycles. The van der Waals surface area contributed by atoms with Crippen LogP contribution < -0.4 is 10.2 Å². The molecule has 6 heteroatoms. The molecule has 2 aromatic carbocycles. The van der Waals surface area contributed by atoms with Gasteiger partial charge in [-0.05, 0) is 34.5 Å². The van der Waals surface area contributed by atoms with E-state index in [9.17, 15) is 14.4 Å². The molecule has 104 valence electrons. The van der Waals surface area contributed by atoms with Crippen LogP contribution in [-0.2, 0) is 6.61 Å². The second kappa shape index (κ2) is 6.39. The summed E-state index contributed by atoms with van der Waals surface area (Å²) < 4.78 is 19.9. The minimum Gasteiger partial charge on any atom is -0.488 e. The number of hydrogen-bond acceptors (Lipinski definition) is 3. The fourth-order valence-electron chi connectivity index (χ4n) is 1.79. The molecule has 0 aliphatic rings. The third-order valence-electron chi connectivity index (χ3n) is 2.93. The first-order chi connectivity index (χ1) is 9.50. The Morgan fingerprint density at radius 3 is 2.50 bits per heavy atom. The molecule has 0 fully saturated rings. The molecular weight excluding hydrogens is 326 g/mol. The molecule has 2 rings (SSSR count). The van der Waals surface area contributed by atoms with Gasteiger partial charge in [-0.25, -0.2) is 4.39 Å². The van der Waals surface area contributed by atoms with E-state index >= 15 is 0 Å². The predicted octanol–water partition coefficient (Wildman–Crippen LogP) is 2.16. The maximum Gasteiger partial charge on any atom is 0.491 e. The Morgan fingerprint density at radius 2 is 1.90 bits per heavy atom. The lowest BCUT2D eigenvalue weighted by Gasteiger charge is -2.14. The van der Waals surface area contributed by atoms with E-state index in [1.807, 2.05) is 30.3 Å². The predicted molar refractivity (Wildman–Crippen MR) is 79.4 cm³/mol. The van der Waals surface area contributed by atoms with Crippen LogP contribution in [0.15, 0.2) is 40.9 Å². The molecule has 0 spiro atoms. The van der Waals surface area contributed by atoms with Gasteiger partial charge in [0.15, 0.2) is 0 Å². The smallest absolute Gasteiger partial charge is 0.488 e. The number of halogens is 2. The highest BCUT2D eigenvalue weighted by Crippen LogP contribution is 2.29. The van der Waals surface area contributed by atoms with Crippen LogP contribution in [0.2, 0.25) is 0 Å². The van der Waals surface area contributed by atoms with Crippen molar-refractivity contribution in [3.8, 4) is 5.75 Å². The third kappa shape index (κ3) is 3.20. The molecule has 0 radical (unpaired) electrons. The van der Waals surface area contributed by atoms with E-state index in [-0.39, 0.29) is 11.0 Å². The zero-order valence-electron chi connectivity index (χ0n) is 10.8. The van der Waals surface area contributed by atoms with Gasteiger partial charge < -0.3 is 14.8 Å². The van der Waals surface area contributed by atoms with E-state index in [1.165, 1.54) is 6.07 Å². The van der Waals surface area contributed by atoms with Gasteiger partial charge in [0.25, 0.3) is 0 Å². The maximum absolute atomic E-state index is 13.9. The van der Waals surface area contributed by atoms with Gasteiger partial charge in [0.05, 0.1) is 4.47 Å². The number of rotatable bonds is 4. The average molecular weight is 339 g/mol. The van der Waals surface area contributed by atoms with Crippen molar-refractivity contribution in [2.45, 2.75) is 13.5 Å². The van der Waals surface area contributed by atoms with Gasteiger partial charge in [-0.2, -0.15) is 0 Å². The molecule has 2 aromatic rings. The van der Waals surface area contributed by atoms with Gasteiger partial charge in [0, 0.05) is 11.0 Å². The molecule has 0 aliphatic carbocycles. The van der Waals surface area contributed by atoms with Crippen LogP contribution in [0.5, 0.6) is 5.75 Å². The normalized spacial score (nSPS) is 10.4. The van der Waals surface area contributed by atoms with E-state index in [2.05, 4.69) is 15.9 Å². The largest absolute Gasteiger partial charge is 0.491 e. The van der Waals surface area contributed by atoms with E-state index in [0.717, 1.165) is 5.56 Å². The first kappa shape index (κ1) is 15.0. The van der Waals surface area contributed by atoms with Gasteiger partial charge in [-0.1, -0.05) is 30.3 Å². The Morgan fingerprint density at radius 1 is 1.25 bits per heavy atom. The highest BCUT2D eigenvalue weighted by atomic mass is 79.9. The Balaban J connectivity index is 2.28. The molecule has 0 bridgehead atoms. The summed E-state index contributed by atoms with van der Waals surface area (Å²) in [6, 6.07) is 10.8. The Bertz CT molecular complexity index is 605. The summed E-state index contributed by atoms with van der Waals surface area (Å²) in [4.78, 5) is 0. The number of benzene rings is 2. The van der Waals surface area contributed by atoms with Crippen LogP contribution in [0, 0.1) is 12.7 Å². The first-order valence-electron chi connectivity index (χ1n) is 6.02. The van der Waals surface area contributed by atoms with Gasteiger partial charge in [0.2, 0.25) is 0 Å². The van der Waals surface area contributed by atoms with E-state index in [4.69, 9.17) is 4.74 Å². The fourth-order valence-corrected chi connectivity index (χ4v) is 2.20. The van der Waals surface area contributed by atoms with Crippen LogP contribution in [0.3, 0.4) is 0 Å². The summed E-state index contributed by atoms with van der Waals surface area (Å²) in [5.74, 6) is -0.283. The molecule has 3 nitrogen and oxygen atoms in total. The van der Waals surface area contributed by atoms with Crippen molar-refractivity contribution in [3.05, 3.63) is 57.8 Å².